The zero-order valence-corrected chi connectivity index (χ0v) is 15.4. The monoisotopic (exact) mass is 384 g/mol. The van der Waals surface area contributed by atoms with Crippen molar-refractivity contribution < 1.29 is 9.90 Å². The molecule has 2 N–H and O–H groups in total. The molecule has 0 atom stereocenters. The Bertz CT molecular complexity index is 942. The lowest BCUT2D eigenvalue weighted by Crippen LogP contribution is -2.19. The van der Waals surface area contributed by atoms with Gasteiger partial charge < -0.3 is 5.11 Å². The number of nitrogens with zero attached hydrogens (tertiary/aromatic N) is 1. The van der Waals surface area contributed by atoms with Crippen LogP contribution in [0.15, 0.2) is 65.8 Å². The van der Waals surface area contributed by atoms with Crippen LogP contribution in [0.1, 0.15) is 11.1 Å². The fraction of sp³-hybridized carbons (Fsp3) is 0.100. The summed E-state index contributed by atoms with van der Waals surface area (Å²) in [6.45, 7) is 0. The van der Waals surface area contributed by atoms with E-state index < -0.39 is 0 Å². The number of hydrazone groups is 1. The predicted molar refractivity (Wildman–Crippen MR) is 109 cm³/mol. The fourth-order valence-corrected chi connectivity index (χ4v) is 3.37. The zero-order chi connectivity index (χ0) is 18.4. The summed E-state index contributed by atoms with van der Waals surface area (Å²) in [7, 11) is 0. The van der Waals surface area contributed by atoms with Crippen LogP contribution in [0.4, 0.5) is 0 Å². The summed E-state index contributed by atoms with van der Waals surface area (Å²) in [6.07, 6.45) is 1.47. The third-order valence-corrected chi connectivity index (χ3v) is 5.00. The lowest BCUT2D eigenvalue weighted by Gasteiger charge is -2.05. The third-order valence-electron chi connectivity index (χ3n) is 3.75. The van der Waals surface area contributed by atoms with Gasteiger partial charge in [-0.3, -0.25) is 4.79 Å². The Hall–Kier alpha value is -2.50. The van der Waals surface area contributed by atoms with Gasteiger partial charge in [-0.2, -0.15) is 5.10 Å². The first kappa shape index (κ1) is 18.3. The highest BCUT2D eigenvalue weighted by molar-refractivity contribution is 7.99. The molecule has 0 bridgehead atoms. The molecule has 26 heavy (non-hydrogen) atoms. The standard InChI is InChI=1S/C20H17ClN2O2S/c21-16-8-5-14(6-9-16)12-26-13-20(25)23-22-11-18-17-4-2-1-3-15(17)7-10-19(18)24/h1-11,24H,12-13H2,(H,23,25)/b22-11-. The second-order valence-corrected chi connectivity index (χ2v) is 7.05. The minimum Gasteiger partial charge on any atom is -0.507 e. The Kier molecular flexibility index (Phi) is 6.15. The first-order valence-corrected chi connectivity index (χ1v) is 9.51. The Morgan fingerprint density at radius 2 is 1.88 bits per heavy atom. The molecular formula is C20H17ClN2O2S. The van der Waals surface area contributed by atoms with E-state index >= 15 is 0 Å². The minimum absolute atomic E-state index is 0.124. The molecule has 3 rings (SSSR count). The van der Waals surface area contributed by atoms with E-state index in [1.807, 2.05) is 54.6 Å². The summed E-state index contributed by atoms with van der Waals surface area (Å²) in [6, 6.07) is 18.7. The van der Waals surface area contributed by atoms with E-state index in [0.29, 0.717) is 16.3 Å². The number of phenolic OH excluding ortho intramolecular Hbond substituents is 1. The van der Waals surface area contributed by atoms with Crippen LogP contribution >= 0.6 is 23.4 Å². The van der Waals surface area contributed by atoms with E-state index in [-0.39, 0.29) is 11.7 Å². The van der Waals surface area contributed by atoms with Crippen molar-refractivity contribution in [1.29, 1.82) is 0 Å². The second-order valence-electron chi connectivity index (χ2n) is 5.63. The zero-order valence-electron chi connectivity index (χ0n) is 13.9. The maximum absolute atomic E-state index is 11.9. The van der Waals surface area contributed by atoms with Gasteiger partial charge in [0.25, 0.3) is 0 Å². The molecule has 0 radical (unpaired) electrons. The highest BCUT2D eigenvalue weighted by atomic mass is 35.5. The number of fused-ring (bicyclic) bond motifs is 1. The van der Waals surface area contributed by atoms with Crippen LogP contribution in [0, 0.1) is 0 Å². The average molecular weight is 385 g/mol. The van der Waals surface area contributed by atoms with E-state index in [1.54, 1.807) is 6.07 Å². The minimum atomic E-state index is -0.194. The van der Waals surface area contributed by atoms with E-state index in [1.165, 1.54) is 18.0 Å². The van der Waals surface area contributed by atoms with Gasteiger partial charge in [-0.05, 0) is 34.5 Å². The highest BCUT2D eigenvalue weighted by Crippen LogP contribution is 2.25. The Morgan fingerprint density at radius 3 is 2.69 bits per heavy atom. The molecular weight excluding hydrogens is 368 g/mol. The van der Waals surface area contributed by atoms with Gasteiger partial charge in [0.15, 0.2) is 0 Å². The van der Waals surface area contributed by atoms with E-state index in [0.717, 1.165) is 22.1 Å². The summed E-state index contributed by atoms with van der Waals surface area (Å²) in [5.41, 5.74) is 4.18. The van der Waals surface area contributed by atoms with Crippen molar-refractivity contribution in [3.8, 4) is 5.75 Å². The van der Waals surface area contributed by atoms with Gasteiger partial charge in [0, 0.05) is 16.3 Å². The summed E-state index contributed by atoms with van der Waals surface area (Å²) in [5.74, 6) is 0.943. The van der Waals surface area contributed by atoms with Crippen LogP contribution in [-0.2, 0) is 10.5 Å². The number of rotatable bonds is 6. The van der Waals surface area contributed by atoms with Crippen LogP contribution in [0.25, 0.3) is 10.8 Å². The number of amides is 1. The second kappa shape index (κ2) is 8.74. The van der Waals surface area contributed by atoms with Gasteiger partial charge in [0.1, 0.15) is 5.75 Å². The fourth-order valence-electron chi connectivity index (χ4n) is 2.46. The Labute approximate surface area is 160 Å². The van der Waals surface area contributed by atoms with Crippen molar-refractivity contribution in [2.75, 3.05) is 5.75 Å². The summed E-state index contributed by atoms with van der Waals surface area (Å²) in [4.78, 5) is 11.9. The van der Waals surface area contributed by atoms with Crippen LogP contribution in [-0.4, -0.2) is 23.0 Å². The average Bonchev–Trinajstić information content (AvgIpc) is 2.65. The third kappa shape index (κ3) is 4.77. The number of benzene rings is 3. The first-order chi connectivity index (χ1) is 12.6. The molecule has 0 saturated carbocycles. The molecule has 0 unspecified atom stereocenters. The van der Waals surface area contributed by atoms with Crippen LogP contribution < -0.4 is 5.43 Å². The van der Waals surface area contributed by atoms with Gasteiger partial charge in [-0.1, -0.05) is 54.1 Å². The molecule has 4 nitrogen and oxygen atoms in total. The lowest BCUT2D eigenvalue weighted by atomic mass is 10.0. The Morgan fingerprint density at radius 1 is 1.12 bits per heavy atom. The van der Waals surface area contributed by atoms with Crippen LogP contribution in [0.5, 0.6) is 5.75 Å². The van der Waals surface area contributed by atoms with Gasteiger partial charge in [0.05, 0.1) is 12.0 Å². The van der Waals surface area contributed by atoms with Crippen molar-refractivity contribution in [1.82, 2.24) is 5.43 Å². The smallest absolute Gasteiger partial charge is 0.250 e. The van der Waals surface area contributed by atoms with E-state index in [9.17, 15) is 9.90 Å². The van der Waals surface area contributed by atoms with Crippen molar-refractivity contribution in [2.24, 2.45) is 5.10 Å². The number of phenols is 1. The van der Waals surface area contributed by atoms with Crippen molar-refractivity contribution >= 4 is 46.3 Å². The number of halogens is 1. The molecule has 3 aromatic rings. The van der Waals surface area contributed by atoms with E-state index in [4.69, 9.17) is 11.6 Å². The number of hydrogen-bond donors (Lipinski definition) is 2. The molecule has 0 aliphatic rings. The van der Waals surface area contributed by atoms with Crippen molar-refractivity contribution in [3.05, 3.63) is 76.8 Å². The molecule has 0 fully saturated rings. The number of carbonyl (C=O) groups is 1. The molecule has 132 valence electrons. The number of carbonyl (C=O) groups excluding carboxylic acids is 1. The van der Waals surface area contributed by atoms with Crippen LogP contribution in [0.2, 0.25) is 5.02 Å². The quantitative estimate of drug-likeness (QED) is 0.483. The van der Waals surface area contributed by atoms with Crippen LogP contribution in [0.3, 0.4) is 0 Å². The number of aromatic hydroxyl groups is 1. The lowest BCUT2D eigenvalue weighted by molar-refractivity contribution is -0.118. The summed E-state index contributed by atoms with van der Waals surface area (Å²) in [5, 5.41) is 16.6. The number of nitrogens with one attached hydrogen (secondary N) is 1. The molecule has 0 aromatic heterocycles. The number of thioether (sulfide) groups is 1. The van der Waals surface area contributed by atoms with Crippen molar-refractivity contribution in [2.45, 2.75) is 5.75 Å². The largest absolute Gasteiger partial charge is 0.507 e. The first-order valence-electron chi connectivity index (χ1n) is 7.98. The highest BCUT2D eigenvalue weighted by Gasteiger charge is 2.05. The predicted octanol–water partition coefficient (Wildman–Crippen LogP) is 4.58. The molecule has 3 aromatic carbocycles. The number of hydrogen-bond acceptors (Lipinski definition) is 4. The molecule has 0 spiro atoms. The molecule has 1 amide bonds. The normalized spacial score (nSPS) is 11.1. The van der Waals surface area contributed by atoms with E-state index in [2.05, 4.69) is 10.5 Å². The van der Waals surface area contributed by atoms with Gasteiger partial charge in [-0.25, -0.2) is 5.43 Å². The maximum atomic E-state index is 11.9. The molecule has 0 aliphatic carbocycles. The van der Waals surface area contributed by atoms with Crippen molar-refractivity contribution in [3.63, 3.8) is 0 Å². The van der Waals surface area contributed by atoms with Gasteiger partial charge in [0.2, 0.25) is 5.91 Å². The summed E-state index contributed by atoms with van der Waals surface area (Å²) < 4.78 is 0. The van der Waals surface area contributed by atoms with Gasteiger partial charge >= 0.3 is 0 Å². The molecule has 0 saturated heterocycles. The molecule has 0 heterocycles. The molecule has 0 aliphatic heterocycles. The molecule has 6 heteroatoms. The van der Waals surface area contributed by atoms with Gasteiger partial charge in [-0.15, -0.1) is 11.8 Å². The SMILES string of the molecule is O=C(CSCc1ccc(Cl)cc1)N/N=C\c1c(O)ccc2ccccc12. The topological polar surface area (TPSA) is 61.7 Å². The summed E-state index contributed by atoms with van der Waals surface area (Å²) >= 11 is 7.34. The Balaban J connectivity index is 1.54. The maximum Gasteiger partial charge on any atom is 0.250 e.